The van der Waals surface area contributed by atoms with Gasteiger partial charge in [-0.3, -0.25) is 4.79 Å². The first-order valence-electron chi connectivity index (χ1n) is 7.42. The summed E-state index contributed by atoms with van der Waals surface area (Å²) in [5.41, 5.74) is 2.58. The molecule has 0 atom stereocenters. The van der Waals surface area contributed by atoms with Crippen molar-refractivity contribution in [2.75, 3.05) is 33.2 Å². The van der Waals surface area contributed by atoms with Crippen LogP contribution in [0.15, 0.2) is 40.9 Å². The van der Waals surface area contributed by atoms with Crippen LogP contribution in [0.3, 0.4) is 0 Å². The third-order valence-electron chi connectivity index (χ3n) is 3.64. The predicted molar refractivity (Wildman–Crippen MR) is 99.2 cm³/mol. The van der Waals surface area contributed by atoms with Gasteiger partial charge in [0.05, 0.1) is 14.2 Å². The van der Waals surface area contributed by atoms with Gasteiger partial charge in [0.15, 0.2) is 11.5 Å². The van der Waals surface area contributed by atoms with Gasteiger partial charge in [0.25, 0.3) is 5.91 Å². The van der Waals surface area contributed by atoms with Crippen molar-refractivity contribution in [3.63, 3.8) is 0 Å². The highest BCUT2D eigenvalue weighted by Gasteiger charge is 2.11. The second kappa shape index (κ2) is 8.06. The normalized spacial score (nSPS) is 10.2. The van der Waals surface area contributed by atoms with Crippen molar-refractivity contribution in [2.24, 2.45) is 0 Å². The van der Waals surface area contributed by atoms with Crippen molar-refractivity contribution >= 4 is 27.5 Å². The summed E-state index contributed by atoms with van der Waals surface area (Å²) >= 11 is 3.49. The average molecular weight is 393 g/mol. The van der Waals surface area contributed by atoms with Crippen molar-refractivity contribution in [3.05, 3.63) is 52.0 Å². The van der Waals surface area contributed by atoms with Crippen LogP contribution < -0.4 is 19.7 Å². The SMILES string of the molecule is COc1cc(Br)c(CNC(=O)c2ccc(N(C)C)cc2)cc1OC. The van der Waals surface area contributed by atoms with E-state index in [-0.39, 0.29) is 5.91 Å². The molecule has 0 aliphatic heterocycles. The van der Waals surface area contributed by atoms with Crippen LogP contribution in [-0.2, 0) is 6.54 Å². The molecule has 0 fully saturated rings. The first-order chi connectivity index (χ1) is 11.5. The average Bonchev–Trinajstić information content (AvgIpc) is 2.60. The Hall–Kier alpha value is -2.21. The Morgan fingerprint density at radius 1 is 1.08 bits per heavy atom. The van der Waals surface area contributed by atoms with Crippen LogP contribution in [0, 0.1) is 0 Å². The maximum absolute atomic E-state index is 12.3. The summed E-state index contributed by atoms with van der Waals surface area (Å²) in [5.74, 6) is 1.14. The molecule has 5 nitrogen and oxygen atoms in total. The van der Waals surface area contributed by atoms with E-state index in [1.54, 1.807) is 14.2 Å². The third-order valence-corrected chi connectivity index (χ3v) is 4.38. The number of nitrogens with one attached hydrogen (secondary N) is 1. The first-order valence-corrected chi connectivity index (χ1v) is 8.21. The minimum atomic E-state index is -0.123. The lowest BCUT2D eigenvalue weighted by Crippen LogP contribution is -2.23. The topological polar surface area (TPSA) is 50.8 Å². The maximum Gasteiger partial charge on any atom is 0.251 e. The van der Waals surface area contributed by atoms with E-state index < -0.39 is 0 Å². The van der Waals surface area contributed by atoms with Gasteiger partial charge >= 0.3 is 0 Å². The fourth-order valence-corrected chi connectivity index (χ4v) is 2.68. The minimum Gasteiger partial charge on any atom is -0.493 e. The van der Waals surface area contributed by atoms with Crippen LogP contribution in [0.25, 0.3) is 0 Å². The molecule has 0 aliphatic rings. The number of carbonyl (C=O) groups is 1. The van der Waals surface area contributed by atoms with Crippen molar-refractivity contribution < 1.29 is 14.3 Å². The lowest BCUT2D eigenvalue weighted by Gasteiger charge is -2.14. The number of halogens is 1. The Balaban J connectivity index is 2.08. The van der Waals surface area contributed by atoms with E-state index >= 15 is 0 Å². The quantitative estimate of drug-likeness (QED) is 0.817. The standard InChI is InChI=1S/C18H21BrN2O3/c1-21(2)14-7-5-12(6-8-14)18(22)20-11-13-9-16(23-3)17(24-4)10-15(13)19/h5-10H,11H2,1-4H3,(H,20,22). The zero-order valence-electron chi connectivity index (χ0n) is 14.2. The monoisotopic (exact) mass is 392 g/mol. The van der Waals surface area contributed by atoms with Crippen LogP contribution in [0.5, 0.6) is 11.5 Å². The lowest BCUT2D eigenvalue weighted by molar-refractivity contribution is 0.0951. The van der Waals surface area contributed by atoms with E-state index in [4.69, 9.17) is 9.47 Å². The molecule has 2 aromatic rings. The van der Waals surface area contributed by atoms with E-state index in [1.165, 1.54) is 0 Å². The minimum absolute atomic E-state index is 0.123. The smallest absolute Gasteiger partial charge is 0.251 e. The van der Waals surface area contributed by atoms with Gasteiger partial charge in [-0.15, -0.1) is 0 Å². The van der Waals surface area contributed by atoms with Gasteiger partial charge in [0, 0.05) is 36.4 Å². The van der Waals surface area contributed by atoms with Crippen molar-refractivity contribution in [2.45, 2.75) is 6.54 Å². The number of amides is 1. The molecule has 0 radical (unpaired) electrons. The molecule has 0 spiro atoms. The van der Waals surface area contributed by atoms with Crippen molar-refractivity contribution in [3.8, 4) is 11.5 Å². The molecule has 6 heteroatoms. The van der Waals surface area contributed by atoms with Crippen LogP contribution in [0.2, 0.25) is 0 Å². The molecule has 1 amide bonds. The van der Waals surface area contributed by atoms with Gasteiger partial charge in [-0.25, -0.2) is 0 Å². The van der Waals surface area contributed by atoms with Crippen LogP contribution in [-0.4, -0.2) is 34.2 Å². The number of carbonyl (C=O) groups excluding carboxylic acids is 1. The summed E-state index contributed by atoms with van der Waals surface area (Å²) in [6.45, 7) is 0.384. The molecule has 2 aromatic carbocycles. The molecular formula is C18H21BrN2O3. The fraction of sp³-hybridized carbons (Fsp3) is 0.278. The van der Waals surface area contributed by atoms with Gasteiger partial charge < -0.3 is 19.7 Å². The Morgan fingerprint density at radius 3 is 2.21 bits per heavy atom. The van der Waals surface area contributed by atoms with Crippen molar-refractivity contribution in [1.82, 2.24) is 5.32 Å². The summed E-state index contributed by atoms with van der Waals surface area (Å²) in [4.78, 5) is 14.3. The summed E-state index contributed by atoms with van der Waals surface area (Å²) in [6.07, 6.45) is 0. The summed E-state index contributed by atoms with van der Waals surface area (Å²) in [5, 5.41) is 2.91. The zero-order chi connectivity index (χ0) is 17.7. The molecule has 0 aromatic heterocycles. The fourth-order valence-electron chi connectivity index (χ4n) is 2.22. The molecule has 0 saturated heterocycles. The number of anilines is 1. The third kappa shape index (κ3) is 4.20. The second-order valence-corrected chi connectivity index (χ2v) is 6.28. The highest BCUT2D eigenvalue weighted by molar-refractivity contribution is 9.10. The maximum atomic E-state index is 12.3. The van der Waals surface area contributed by atoms with Crippen LogP contribution in [0.4, 0.5) is 5.69 Å². The highest BCUT2D eigenvalue weighted by atomic mass is 79.9. The number of hydrogen-bond donors (Lipinski definition) is 1. The van der Waals surface area contributed by atoms with E-state index in [9.17, 15) is 4.79 Å². The molecule has 128 valence electrons. The molecule has 24 heavy (non-hydrogen) atoms. The van der Waals surface area contributed by atoms with E-state index in [1.807, 2.05) is 55.4 Å². The Bertz CT molecular complexity index is 715. The molecule has 0 unspecified atom stereocenters. The molecule has 1 N–H and O–H groups in total. The Morgan fingerprint density at radius 2 is 1.67 bits per heavy atom. The van der Waals surface area contributed by atoms with E-state index in [2.05, 4.69) is 21.2 Å². The van der Waals surface area contributed by atoms with Crippen LogP contribution >= 0.6 is 15.9 Å². The summed E-state index contributed by atoms with van der Waals surface area (Å²) in [7, 11) is 7.09. The first kappa shape index (κ1) is 18.1. The molecular weight excluding hydrogens is 372 g/mol. The number of methoxy groups -OCH3 is 2. The second-order valence-electron chi connectivity index (χ2n) is 5.42. The van der Waals surface area contributed by atoms with Crippen LogP contribution in [0.1, 0.15) is 15.9 Å². The van der Waals surface area contributed by atoms with Gasteiger partial charge in [-0.2, -0.15) is 0 Å². The summed E-state index contributed by atoms with van der Waals surface area (Å²) < 4.78 is 11.4. The largest absolute Gasteiger partial charge is 0.493 e. The number of hydrogen-bond acceptors (Lipinski definition) is 4. The Kier molecular flexibility index (Phi) is 6.09. The van der Waals surface area contributed by atoms with Gasteiger partial charge in [0.1, 0.15) is 0 Å². The number of rotatable bonds is 6. The van der Waals surface area contributed by atoms with Gasteiger partial charge in [0.2, 0.25) is 0 Å². The van der Waals surface area contributed by atoms with E-state index in [0.29, 0.717) is 23.6 Å². The lowest BCUT2D eigenvalue weighted by atomic mass is 10.1. The highest BCUT2D eigenvalue weighted by Crippen LogP contribution is 2.33. The summed E-state index contributed by atoms with van der Waals surface area (Å²) in [6, 6.07) is 11.1. The molecule has 0 heterocycles. The molecule has 0 aliphatic carbocycles. The molecule has 0 bridgehead atoms. The van der Waals surface area contributed by atoms with Gasteiger partial charge in [-0.1, -0.05) is 15.9 Å². The zero-order valence-corrected chi connectivity index (χ0v) is 15.8. The Labute approximate surface area is 150 Å². The van der Waals surface area contributed by atoms with Gasteiger partial charge in [-0.05, 0) is 42.0 Å². The predicted octanol–water partition coefficient (Wildman–Crippen LogP) is 3.46. The molecule has 2 rings (SSSR count). The number of nitrogens with zero attached hydrogens (tertiary/aromatic N) is 1. The van der Waals surface area contributed by atoms with E-state index in [0.717, 1.165) is 15.7 Å². The van der Waals surface area contributed by atoms with Crippen molar-refractivity contribution in [1.29, 1.82) is 0 Å². The molecule has 0 saturated carbocycles. The number of ether oxygens (including phenoxy) is 2. The number of benzene rings is 2.